The first-order chi connectivity index (χ1) is 29.8. The first kappa shape index (κ1) is 33.1. The third-order valence-corrected chi connectivity index (χ3v) is 12.6. The van der Waals surface area contributed by atoms with Gasteiger partial charge >= 0.3 is 0 Å². The number of anilines is 2. The Morgan fingerprint density at radius 2 is 0.883 bits per heavy atom. The number of fused-ring (bicyclic) bond motifs is 15. The molecule has 5 heteroatoms. The summed E-state index contributed by atoms with van der Waals surface area (Å²) in [5.41, 5.74) is 18.0. The van der Waals surface area contributed by atoms with Gasteiger partial charge in [-0.15, -0.1) is 0 Å². The van der Waals surface area contributed by atoms with Crippen LogP contribution in [-0.2, 0) is 0 Å². The highest BCUT2D eigenvalue weighted by molar-refractivity contribution is 6.11. The number of rotatable bonds is 3. The Balaban J connectivity index is 1.14. The predicted molar refractivity (Wildman–Crippen MR) is 247 cm³/mol. The number of ether oxygens (including phenoxy) is 1. The fourth-order valence-corrected chi connectivity index (χ4v) is 10.1. The highest BCUT2D eigenvalue weighted by Gasteiger charge is 2.29. The zero-order valence-corrected chi connectivity index (χ0v) is 32.6. The Bertz CT molecular complexity index is 3430. The number of pyridine rings is 1. The van der Waals surface area contributed by atoms with E-state index in [9.17, 15) is 0 Å². The van der Waals surface area contributed by atoms with Gasteiger partial charge < -0.3 is 18.8 Å². The van der Waals surface area contributed by atoms with E-state index in [4.69, 9.17) is 9.72 Å². The number of benzene rings is 8. The van der Waals surface area contributed by atoms with Crippen molar-refractivity contribution in [3.63, 3.8) is 0 Å². The number of hydrogen-bond acceptors (Lipinski definition) is 3. The maximum absolute atomic E-state index is 6.49. The van der Waals surface area contributed by atoms with Crippen molar-refractivity contribution in [3.8, 4) is 61.8 Å². The molecule has 0 saturated heterocycles. The minimum absolute atomic E-state index is 0.600. The smallest absolute Gasteiger partial charge is 0.143 e. The van der Waals surface area contributed by atoms with E-state index in [2.05, 4.69) is 202 Å². The normalized spacial score (nSPS) is 13.0. The fraction of sp³-hybridized carbons (Fsp3) is 0.0364. The molecule has 0 saturated carbocycles. The van der Waals surface area contributed by atoms with Crippen LogP contribution in [0.2, 0.25) is 0 Å². The Kier molecular flexibility index (Phi) is 7.07. The molecule has 11 aromatic rings. The van der Waals surface area contributed by atoms with E-state index in [0.29, 0.717) is 6.61 Å². The van der Waals surface area contributed by atoms with Gasteiger partial charge in [-0.3, -0.25) is 4.98 Å². The summed E-state index contributed by atoms with van der Waals surface area (Å²) >= 11 is 0. The van der Waals surface area contributed by atoms with Gasteiger partial charge in [-0.1, -0.05) is 109 Å². The van der Waals surface area contributed by atoms with Crippen LogP contribution < -0.4 is 9.64 Å². The highest BCUT2D eigenvalue weighted by Crippen LogP contribution is 2.52. The van der Waals surface area contributed by atoms with Gasteiger partial charge in [0.25, 0.3) is 0 Å². The van der Waals surface area contributed by atoms with Crippen LogP contribution in [0.25, 0.3) is 99.6 Å². The summed E-state index contributed by atoms with van der Waals surface area (Å²) in [5, 5.41) is 4.97. The Morgan fingerprint density at radius 1 is 0.383 bits per heavy atom. The van der Waals surface area contributed by atoms with Crippen LogP contribution in [0, 0.1) is 0 Å². The topological polar surface area (TPSA) is 35.2 Å². The Hall–Kier alpha value is -7.89. The largest absolute Gasteiger partial charge is 0.490 e. The van der Waals surface area contributed by atoms with E-state index in [1.54, 1.807) is 0 Å². The number of hydrogen-bond donors (Lipinski definition) is 0. The van der Waals surface area contributed by atoms with E-state index < -0.39 is 0 Å². The lowest BCUT2D eigenvalue weighted by Gasteiger charge is -2.33. The van der Waals surface area contributed by atoms with Gasteiger partial charge in [-0.05, 0) is 107 Å². The van der Waals surface area contributed by atoms with Crippen LogP contribution >= 0.6 is 0 Å². The van der Waals surface area contributed by atoms with E-state index >= 15 is 0 Å². The van der Waals surface area contributed by atoms with Gasteiger partial charge in [0, 0.05) is 55.9 Å². The zero-order valence-electron chi connectivity index (χ0n) is 32.6. The second-order valence-electron chi connectivity index (χ2n) is 15.8. The second kappa shape index (κ2) is 12.8. The first-order valence-corrected chi connectivity index (χ1v) is 20.6. The van der Waals surface area contributed by atoms with Gasteiger partial charge in [-0.2, -0.15) is 0 Å². The molecule has 5 nitrogen and oxygen atoms in total. The van der Waals surface area contributed by atoms with E-state index in [1.807, 2.05) is 6.20 Å². The molecule has 13 rings (SSSR count). The molecule has 4 heterocycles. The molecule has 0 spiro atoms. The minimum atomic E-state index is 0.600. The third-order valence-electron chi connectivity index (χ3n) is 12.6. The average Bonchev–Trinajstić information content (AvgIpc) is 3.84. The van der Waals surface area contributed by atoms with Crippen molar-refractivity contribution >= 4 is 55.0 Å². The first-order valence-electron chi connectivity index (χ1n) is 20.6. The highest BCUT2D eigenvalue weighted by atomic mass is 16.5. The molecule has 0 atom stereocenters. The Morgan fingerprint density at radius 3 is 1.45 bits per heavy atom. The molecule has 0 fully saturated rings. The molecule has 1 aliphatic carbocycles. The molecule has 60 heavy (non-hydrogen) atoms. The molecule has 0 bridgehead atoms. The maximum atomic E-state index is 6.49. The third kappa shape index (κ3) is 4.77. The monoisotopic (exact) mass is 768 g/mol. The molecule has 8 aromatic carbocycles. The average molecular weight is 769 g/mol. The SMILES string of the molecule is c1ccc(N2CCOc3cc4c(cc32)-c2ccc(-n3c5ccccc5c5ccccc53)cc2-c2cc(-n3c5ccccc5c5ccccc53)ccc2-c2cccnc2-4)cc1. The van der Waals surface area contributed by atoms with E-state index in [0.717, 1.165) is 79.7 Å². The summed E-state index contributed by atoms with van der Waals surface area (Å²) < 4.78 is 11.3. The van der Waals surface area contributed by atoms with Crippen molar-refractivity contribution in [2.75, 3.05) is 18.1 Å². The molecule has 0 amide bonds. The van der Waals surface area contributed by atoms with Gasteiger partial charge in [0.05, 0.1) is 40.0 Å². The number of aromatic nitrogens is 3. The van der Waals surface area contributed by atoms with Crippen molar-refractivity contribution in [3.05, 3.63) is 194 Å². The van der Waals surface area contributed by atoms with Crippen LogP contribution in [0.4, 0.5) is 11.4 Å². The summed E-state index contributed by atoms with van der Waals surface area (Å²) in [4.78, 5) is 7.55. The molecule has 1 aliphatic heterocycles. The molecular formula is C55H36N4O. The van der Waals surface area contributed by atoms with Crippen LogP contribution in [-0.4, -0.2) is 27.3 Å². The maximum Gasteiger partial charge on any atom is 0.143 e. The summed E-state index contributed by atoms with van der Waals surface area (Å²) in [6.45, 7) is 1.36. The standard InChI is InChI=1S/C55H36N4O/c1-2-13-35(14-3-1)57-29-30-60-54-34-48-47(33-53(54)57)39-27-25-37(59-51-22-10-6-17-42(51)43-18-7-11-23-52(43)59)32-46(39)45-31-36(24-26-38(45)44-19-12-28-56-55(44)48)58-49-20-8-4-15-40(49)41-16-5-9-21-50(41)58/h1-28,31-34H,29-30H2. The lowest BCUT2D eigenvalue weighted by molar-refractivity contribution is 0.314. The van der Waals surface area contributed by atoms with Crippen molar-refractivity contribution in [1.82, 2.24) is 14.1 Å². The number of para-hydroxylation sites is 5. The Labute approximate surface area is 346 Å². The molecule has 282 valence electrons. The van der Waals surface area contributed by atoms with Gasteiger partial charge in [0.2, 0.25) is 0 Å². The molecular weight excluding hydrogens is 733 g/mol. The zero-order chi connectivity index (χ0) is 39.3. The van der Waals surface area contributed by atoms with Crippen LogP contribution in [0.5, 0.6) is 5.75 Å². The quantitative estimate of drug-likeness (QED) is 0.180. The van der Waals surface area contributed by atoms with Gasteiger partial charge in [0.1, 0.15) is 12.4 Å². The van der Waals surface area contributed by atoms with Crippen molar-refractivity contribution in [1.29, 1.82) is 0 Å². The molecule has 2 aliphatic rings. The molecule has 0 radical (unpaired) electrons. The van der Waals surface area contributed by atoms with Gasteiger partial charge in [0.15, 0.2) is 0 Å². The summed E-state index contributed by atoms with van der Waals surface area (Å²) in [6, 6.07) is 68.5. The van der Waals surface area contributed by atoms with Gasteiger partial charge in [-0.25, -0.2) is 0 Å². The van der Waals surface area contributed by atoms with Crippen LogP contribution in [0.3, 0.4) is 0 Å². The summed E-state index contributed by atoms with van der Waals surface area (Å²) in [5.74, 6) is 0.867. The lowest BCUT2D eigenvalue weighted by Crippen LogP contribution is -2.28. The fourth-order valence-electron chi connectivity index (χ4n) is 10.1. The minimum Gasteiger partial charge on any atom is -0.490 e. The van der Waals surface area contributed by atoms with Crippen molar-refractivity contribution in [2.24, 2.45) is 0 Å². The molecule has 0 unspecified atom stereocenters. The summed E-state index contributed by atoms with van der Waals surface area (Å²) in [7, 11) is 0. The molecule has 3 aromatic heterocycles. The number of nitrogens with zero attached hydrogens (tertiary/aromatic N) is 4. The second-order valence-corrected chi connectivity index (χ2v) is 15.8. The molecule has 0 N–H and O–H groups in total. The van der Waals surface area contributed by atoms with Crippen molar-refractivity contribution in [2.45, 2.75) is 0 Å². The van der Waals surface area contributed by atoms with Crippen LogP contribution in [0.15, 0.2) is 194 Å². The van der Waals surface area contributed by atoms with Crippen molar-refractivity contribution < 1.29 is 4.74 Å². The predicted octanol–water partition coefficient (Wildman–Crippen LogP) is 13.8. The lowest BCUT2D eigenvalue weighted by atomic mass is 9.82. The summed E-state index contributed by atoms with van der Waals surface area (Å²) in [6.07, 6.45) is 1.92. The van der Waals surface area contributed by atoms with E-state index in [-0.39, 0.29) is 0 Å². The van der Waals surface area contributed by atoms with Crippen LogP contribution in [0.1, 0.15) is 0 Å². The van der Waals surface area contributed by atoms with E-state index in [1.165, 1.54) is 43.6 Å².